The van der Waals surface area contributed by atoms with Gasteiger partial charge >= 0.3 is 0 Å². The lowest BCUT2D eigenvalue weighted by atomic mass is 10.2. The monoisotopic (exact) mass is 239 g/mol. The van der Waals surface area contributed by atoms with E-state index in [-0.39, 0.29) is 6.04 Å². The van der Waals surface area contributed by atoms with Crippen molar-refractivity contribution in [3.63, 3.8) is 0 Å². The van der Waals surface area contributed by atoms with Gasteiger partial charge in [0.1, 0.15) is 0 Å². The number of nitrogens with one attached hydrogen (secondary N) is 1. The molecule has 1 aromatic rings. The summed E-state index contributed by atoms with van der Waals surface area (Å²) >= 11 is 0. The minimum atomic E-state index is 0.152. The van der Waals surface area contributed by atoms with E-state index in [0.29, 0.717) is 19.8 Å². The van der Waals surface area contributed by atoms with Crippen LogP contribution in [0.2, 0.25) is 0 Å². The fraction of sp³-hybridized carbons (Fsp3) is 0.583. The highest BCUT2D eigenvalue weighted by atomic mass is 16.5. The molecule has 1 rings (SSSR count). The fourth-order valence-electron chi connectivity index (χ4n) is 1.56. The second-order valence-electron chi connectivity index (χ2n) is 3.66. The van der Waals surface area contributed by atoms with Crippen LogP contribution in [0.3, 0.4) is 0 Å². The summed E-state index contributed by atoms with van der Waals surface area (Å²) in [4.78, 5) is 4.27. The van der Waals surface area contributed by atoms with Gasteiger partial charge in [0.25, 0.3) is 0 Å². The van der Waals surface area contributed by atoms with E-state index in [1.807, 2.05) is 19.1 Å². The van der Waals surface area contributed by atoms with Crippen molar-refractivity contribution >= 4 is 5.82 Å². The van der Waals surface area contributed by atoms with Gasteiger partial charge < -0.3 is 20.5 Å². The van der Waals surface area contributed by atoms with Crippen molar-refractivity contribution in [2.45, 2.75) is 19.4 Å². The van der Waals surface area contributed by atoms with Gasteiger partial charge in [-0.3, -0.25) is 0 Å². The predicted octanol–water partition coefficient (Wildman–Crippen LogP) is 1.26. The first-order valence-electron chi connectivity index (χ1n) is 5.85. The van der Waals surface area contributed by atoms with E-state index < -0.39 is 0 Å². The van der Waals surface area contributed by atoms with Crippen molar-refractivity contribution in [2.24, 2.45) is 5.73 Å². The van der Waals surface area contributed by atoms with Crippen LogP contribution in [0.25, 0.3) is 0 Å². The van der Waals surface area contributed by atoms with Gasteiger partial charge in [-0.2, -0.15) is 0 Å². The van der Waals surface area contributed by atoms with Crippen LogP contribution in [-0.2, 0) is 4.74 Å². The number of methoxy groups -OCH3 is 1. The molecule has 3 N–H and O–H groups in total. The number of pyridine rings is 1. The summed E-state index contributed by atoms with van der Waals surface area (Å²) < 4.78 is 10.6. The van der Waals surface area contributed by atoms with E-state index in [1.54, 1.807) is 13.3 Å². The number of ether oxygens (including phenoxy) is 2. The van der Waals surface area contributed by atoms with Crippen molar-refractivity contribution in [1.29, 1.82) is 0 Å². The average Bonchev–Trinajstić information content (AvgIpc) is 2.33. The SMILES string of the molecule is CCOc1cccnc1NC(CCN)COC. The summed E-state index contributed by atoms with van der Waals surface area (Å²) in [6.07, 6.45) is 2.56. The van der Waals surface area contributed by atoms with Gasteiger partial charge in [0.2, 0.25) is 0 Å². The molecule has 0 saturated carbocycles. The third kappa shape index (κ3) is 4.58. The molecule has 96 valence electrons. The molecule has 1 heterocycles. The van der Waals surface area contributed by atoms with Crippen molar-refractivity contribution in [2.75, 3.05) is 32.2 Å². The largest absolute Gasteiger partial charge is 0.490 e. The molecule has 0 spiro atoms. The Labute approximate surface area is 102 Å². The Hall–Kier alpha value is -1.33. The van der Waals surface area contributed by atoms with E-state index >= 15 is 0 Å². The van der Waals surface area contributed by atoms with Crippen LogP contribution < -0.4 is 15.8 Å². The molecule has 0 aliphatic heterocycles. The number of hydrogen-bond donors (Lipinski definition) is 2. The van der Waals surface area contributed by atoms with Gasteiger partial charge in [0, 0.05) is 13.3 Å². The van der Waals surface area contributed by atoms with Crippen LogP contribution >= 0.6 is 0 Å². The Kier molecular flexibility index (Phi) is 6.35. The summed E-state index contributed by atoms with van der Waals surface area (Å²) in [5.74, 6) is 1.50. The highest BCUT2D eigenvalue weighted by Crippen LogP contribution is 2.21. The van der Waals surface area contributed by atoms with Crippen molar-refractivity contribution in [3.05, 3.63) is 18.3 Å². The first kappa shape index (κ1) is 13.7. The number of hydrogen-bond acceptors (Lipinski definition) is 5. The topological polar surface area (TPSA) is 69.4 Å². The zero-order valence-corrected chi connectivity index (χ0v) is 10.5. The third-order valence-corrected chi connectivity index (χ3v) is 2.29. The highest BCUT2D eigenvalue weighted by Gasteiger charge is 2.11. The van der Waals surface area contributed by atoms with Crippen molar-refractivity contribution in [1.82, 2.24) is 4.98 Å². The Morgan fingerprint density at radius 3 is 3.00 bits per heavy atom. The first-order valence-corrected chi connectivity index (χ1v) is 5.85. The predicted molar refractivity (Wildman–Crippen MR) is 68.4 cm³/mol. The summed E-state index contributed by atoms with van der Waals surface area (Å²) in [5, 5.41) is 3.29. The second-order valence-corrected chi connectivity index (χ2v) is 3.66. The first-order chi connectivity index (χ1) is 8.31. The minimum absolute atomic E-state index is 0.152. The summed E-state index contributed by atoms with van der Waals surface area (Å²) in [6, 6.07) is 3.90. The lowest BCUT2D eigenvalue weighted by Gasteiger charge is -2.19. The second kappa shape index (κ2) is 7.86. The third-order valence-electron chi connectivity index (χ3n) is 2.29. The summed E-state index contributed by atoms with van der Waals surface area (Å²) in [7, 11) is 1.67. The van der Waals surface area contributed by atoms with Crippen molar-refractivity contribution in [3.8, 4) is 5.75 Å². The Bertz CT molecular complexity index is 314. The van der Waals surface area contributed by atoms with Gasteiger partial charge in [-0.15, -0.1) is 0 Å². The van der Waals surface area contributed by atoms with E-state index in [9.17, 15) is 0 Å². The normalized spacial score (nSPS) is 12.2. The Morgan fingerprint density at radius 1 is 1.53 bits per heavy atom. The average molecular weight is 239 g/mol. The molecule has 0 aromatic carbocycles. The highest BCUT2D eigenvalue weighted by molar-refractivity contribution is 5.50. The number of nitrogens with two attached hydrogens (primary N) is 1. The van der Waals surface area contributed by atoms with Crippen LogP contribution in [0.15, 0.2) is 18.3 Å². The fourth-order valence-corrected chi connectivity index (χ4v) is 1.56. The lowest BCUT2D eigenvalue weighted by Crippen LogP contribution is -2.28. The molecule has 5 nitrogen and oxygen atoms in total. The molecular weight excluding hydrogens is 218 g/mol. The molecule has 17 heavy (non-hydrogen) atoms. The summed E-state index contributed by atoms with van der Waals surface area (Å²) in [6.45, 7) is 3.77. The molecule has 0 aliphatic carbocycles. The molecule has 0 bridgehead atoms. The maximum absolute atomic E-state index is 5.56. The van der Waals surface area contributed by atoms with Crippen molar-refractivity contribution < 1.29 is 9.47 Å². The van der Waals surface area contributed by atoms with Crippen LogP contribution in [0, 0.1) is 0 Å². The minimum Gasteiger partial charge on any atom is -0.490 e. The maximum Gasteiger partial charge on any atom is 0.169 e. The van der Waals surface area contributed by atoms with Gasteiger partial charge in [-0.1, -0.05) is 0 Å². The smallest absolute Gasteiger partial charge is 0.169 e. The molecule has 5 heteroatoms. The quantitative estimate of drug-likeness (QED) is 0.714. The van der Waals surface area contributed by atoms with Crippen LogP contribution in [0.4, 0.5) is 5.82 Å². The molecular formula is C12H21N3O2. The zero-order chi connectivity index (χ0) is 12.5. The number of anilines is 1. The molecule has 1 unspecified atom stereocenters. The van der Waals surface area contributed by atoms with E-state index in [1.165, 1.54) is 0 Å². The zero-order valence-electron chi connectivity index (χ0n) is 10.5. The Balaban J connectivity index is 2.69. The maximum atomic E-state index is 5.56. The molecule has 0 amide bonds. The van der Waals surface area contributed by atoms with Crippen LogP contribution in [-0.4, -0.2) is 37.9 Å². The van der Waals surface area contributed by atoms with Gasteiger partial charge in [-0.05, 0) is 32.0 Å². The van der Waals surface area contributed by atoms with Gasteiger partial charge in [0.15, 0.2) is 11.6 Å². The molecule has 1 atom stereocenters. The molecule has 0 saturated heterocycles. The van der Waals surface area contributed by atoms with E-state index in [0.717, 1.165) is 18.0 Å². The number of rotatable bonds is 8. The van der Waals surface area contributed by atoms with Gasteiger partial charge in [0.05, 0.1) is 19.3 Å². The van der Waals surface area contributed by atoms with E-state index in [2.05, 4.69) is 10.3 Å². The molecule has 0 fully saturated rings. The molecule has 1 aromatic heterocycles. The summed E-state index contributed by atoms with van der Waals surface area (Å²) in [5.41, 5.74) is 5.56. The van der Waals surface area contributed by atoms with Gasteiger partial charge in [-0.25, -0.2) is 4.98 Å². The molecule has 0 radical (unpaired) electrons. The van der Waals surface area contributed by atoms with Crippen LogP contribution in [0.5, 0.6) is 5.75 Å². The van der Waals surface area contributed by atoms with Crippen LogP contribution in [0.1, 0.15) is 13.3 Å². The standard InChI is InChI=1S/C12H21N3O2/c1-3-17-11-5-4-8-14-12(11)15-10(6-7-13)9-16-2/h4-5,8,10H,3,6-7,9,13H2,1-2H3,(H,14,15). The number of aromatic nitrogens is 1. The Morgan fingerprint density at radius 2 is 2.35 bits per heavy atom. The van der Waals surface area contributed by atoms with E-state index in [4.69, 9.17) is 15.2 Å². The molecule has 0 aliphatic rings. The lowest BCUT2D eigenvalue weighted by molar-refractivity contribution is 0.183. The number of nitrogens with zero attached hydrogens (tertiary/aromatic N) is 1.